The lowest BCUT2D eigenvalue weighted by molar-refractivity contribution is -0.128. The Labute approximate surface area is 175 Å². The highest BCUT2D eigenvalue weighted by Crippen LogP contribution is 2.27. The monoisotopic (exact) mass is 475 g/mol. The topological polar surface area (TPSA) is 118 Å². The van der Waals surface area contributed by atoms with Crippen LogP contribution in [0.3, 0.4) is 0 Å². The molecule has 0 fully saturated rings. The molecule has 0 aliphatic rings. The summed E-state index contributed by atoms with van der Waals surface area (Å²) < 4.78 is 88.2. The van der Waals surface area contributed by atoms with Crippen LogP contribution in [0.5, 0.6) is 0 Å². The average molecular weight is 476 g/mol. The number of benzene rings is 1. The third-order valence-electron chi connectivity index (χ3n) is 4.85. The molecule has 1 aromatic rings. The Morgan fingerprint density at radius 1 is 0.933 bits per heavy atom. The molecule has 0 aliphatic heterocycles. The molecule has 0 bridgehead atoms. The molecule has 0 saturated heterocycles. The van der Waals surface area contributed by atoms with Gasteiger partial charge in [-0.2, -0.15) is 30.0 Å². The Morgan fingerprint density at radius 2 is 1.37 bits per heavy atom. The van der Waals surface area contributed by atoms with Gasteiger partial charge in [0.05, 0.1) is 4.90 Å². The Kier molecular flexibility index (Phi) is 9.11. The van der Waals surface area contributed by atoms with Crippen LogP contribution in [-0.4, -0.2) is 32.8 Å². The fourth-order valence-corrected chi connectivity index (χ4v) is 2.88. The zero-order valence-corrected chi connectivity index (χ0v) is 19.3. The highest BCUT2D eigenvalue weighted by atomic mass is 32.2. The number of hydrogen-bond donors (Lipinski definition) is 2. The van der Waals surface area contributed by atoms with Crippen molar-refractivity contribution in [2.75, 3.05) is 0 Å². The molecule has 12 heteroatoms. The van der Waals surface area contributed by atoms with Crippen molar-refractivity contribution >= 4 is 26.0 Å². The standard InChI is InChI=1S/C11H16O3S.C7H12F3NO3S/c1-4-11(2,3)9-5-7-10(8-6-9)15(12,13)14;1-4-6(2,3)5(12)11-15(13,14)7(8,9)10/h5-8H,4H2,1-3H3,(H,12,13,14);4H2,1-3H3,(H,11,12). The Hall–Kier alpha value is -1.66. The van der Waals surface area contributed by atoms with Crippen molar-refractivity contribution in [1.29, 1.82) is 0 Å². The number of carbonyl (C=O) groups is 1. The van der Waals surface area contributed by atoms with Crippen LogP contribution < -0.4 is 4.72 Å². The summed E-state index contributed by atoms with van der Waals surface area (Å²) in [5.41, 5.74) is -5.53. The number of carbonyl (C=O) groups excluding carboxylic acids is 1. The van der Waals surface area contributed by atoms with E-state index in [0.29, 0.717) is 0 Å². The van der Waals surface area contributed by atoms with E-state index < -0.39 is 37.0 Å². The molecule has 0 aliphatic carbocycles. The number of sulfonamides is 1. The summed E-state index contributed by atoms with van der Waals surface area (Å²) in [5, 5.41) is 0. The van der Waals surface area contributed by atoms with Crippen LogP contribution in [0.25, 0.3) is 0 Å². The molecule has 174 valence electrons. The molecular formula is C18H28F3NO6S2. The molecule has 2 N–H and O–H groups in total. The Morgan fingerprint density at radius 3 is 1.67 bits per heavy atom. The molecule has 0 heterocycles. The van der Waals surface area contributed by atoms with E-state index in [0.717, 1.165) is 16.7 Å². The van der Waals surface area contributed by atoms with E-state index >= 15 is 0 Å². The fraction of sp³-hybridized carbons (Fsp3) is 0.611. The average Bonchev–Trinajstić information content (AvgIpc) is 2.60. The second kappa shape index (κ2) is 9.65. The highest BCUT2D eigenvalue weighted by molar-refractivity contribution is 7.90. The van der Waals surface area contributed by atoms with Gasteiger partial charge in [-0.3, -0.25) is 9.35 Å². The minimum absolute atomic E-state index is 0.0255. The first-order valence-corrected chi connectivity index (χ1v) is 11.8. The highest BCUT2D eigenvalue weighted by Gasteiger charge is 2.48. The van der Waals surface area contributed by atoms with Crippen molar-refractivity contribution < 1.29 is 39.4 Å². The van der Waals surface area contributed by atoms with Gasteiger partial charge < -0.3 is 0 Å². The van der Waals surface area contributed by atoms with Crippen LogP contribution in [0, 0.1) is 5.41 Å². The zero-order valence-electron chi connectivity index (χ0n) is 17.7. The van der Waals surface area contributed by atoms with Gasteiger partial charge in [-0.05, 0) is 36.0 Å². The van der Waals surface area contributed by atoms with E-state index in [9.17, 15) is 34.8 Å². The van der Waals surface area contributed by atoms with E-state index in [1.54, 1.807) is 19.1 Å². The minimum atomic E-state index is -5.59. The van der Waals surface area contributed by atoms with Crippen LogP contribution in [-0.2, 0) is 30.4 Å². The van der Waals surface area contributed by atoms with E-state index in [1.165, 1.54) is 26.0 Å². The van der Waals surface area contributed by atoms with Gasteiger partial charge in [0.1, 0.15) is 0 Å². The quantitative estimate of drug-likeness (QED) is 0.601. The number of hydrogen-bond acceptors (Lipinski definition) is 5. The maximum atomic E-state index is 11.9. The van der Waals surface area contributed by atoms with E-state index in [1.807, 2.05) is 0 Å². The second-order valence-corrected chi connectivity index (χ2v) is 11.0. The minimum Gasteiger partial charge on any atom is -0.282 e. The normalized spacial score (nSPS) is 13.3. The Bertz CT molecular complexity index is 935. The maximum Gasteiger partial charge on any atom is 0.516 e. The van der Waals surface area contributed by atoms with Crippen molar-refractivity contribution in [2.24, 2.45) is 5.41 Å². The van der Waals surface area contributed by atoms with Gasteiger partial charge >= 0.3 is 15.5 Å². The summed E-state index contributed by atoms with van der Waals surface area (Å²) in [6.45, 7) is 10.5. The van der Waals surface area contributed by atoms with Gasteiger partial charge in [0.15, 0.2) is 0 Å². The summed E-state index contributed by atoms with van der Waals surface area (Å²) in [5.74, 6) is -1.16. The first-order chi connectivity index (χ1) is 13.2. The molecule has 0 radical (unpaired) electrons. The van der Waals surface area contributed by atoms with Gasteiger partial charge in [-0.1, -0.05) is 53.7 Å². The summed E-state index contributed by atoms with van der Waals surface area (Å²) in [7, 11) is -9.66. The van der Waals surface area contributed by atoms with E-state index in [-0.39, 0.29) is 16.7 Å². The molecular weight excluding hydrogens is 447 g/mol. The van der Waals surface area contributed by atoms with Gasteiger partial charge in [0.25, 0.3) is 10.1 Å². The smallest absolute Gasteiger partial charge is 0.282 e. The number of halogens is 3. The van der Waals surface area contributed by atoms with Crippen LogP contribution in [0.15, 0.2) is 29.2 Å². The van der Waals surface area contributed by atoms with Crippen molar-refractivity contribution in [2.45, 2.75) is 70.2 Å². The molecule has 1 aromatic carbocycles. The first-order valence-electron chi connectivity index (χ1n) is 8.93. The Balaban J connectivity index is 0.000000561. The largest absolute Gasteiger partial charge is 0.516 e. The van der Waals surface area contributed by atoms with Gasteiger partial charge in [0, 0.05) is 5.41 Å². The predicted molar refractivity (Wildman–Crippen MR) is 107 cm³/mol. The summed E-state index contributed by atoms with van der Waals surface area (Å²) in [6, 6.07) is 6.35. The summed E-state index contributed by atoms with van der Waals surface area (Å²) in [6.07, 6.45) is 1.20. The molecule has 1 amide bonds. The summed E-state index contributed by atoms with van der Waals surface area (Å²) >= 11 is 0. The summed E-state index contributed by atoms with van der Waals surface area (Å²) in [4.78, 5) is 11.1. The van der Waals surface area contributed by atoms with E-state index in [4.69, 9.17) is 4.55 Å². The SMILES string of the molecule is CCC(C)(C)C(=O)NS(=O)(=O)C(F)(F)F.CCC(C)(C)c1ccc(S(=O)(=O)O)cc1. The fourth-order valence-electron chi connectivity index (χ4n) is 1.76. The van der Waals surface area contributed by atoms with Crippen molar-refractivity contribution in [3.05, 3.63) is 29.8 Å². The van der Waals surface area contributed by atoms with Crippen molar-refractivity contribution in [1.82, 2.24) is 4.72 Å². The molecule has 0 atom stereocenters. The second-order valence-electron chi connectivity index (χ2n) is 7.85. The molecule has 30 heavy (non-hydrogen) atoms. The van der Waals surface area contributed by atoms with Crippen LogP contribution in [0.1, 0.15) is 59.9 Å². The lowest BCUT2D eigenvalue weighted by atomic mass is 9.82. The molecule has 0 saturated carbocycles. The molecule has 1 rings (SSSR count). The van der Waals surface area contributed by atoms with Crippen LogP contribution >= 0.6 is 0 Å². The number of rotatable bonds is 6. The van der Waals surface area contributed by atoms with Crippen molar-refractivity contribution in [3.63, 3.8) is 0 Å². The molecule has 0 spiro atoms. The first kappa shape index (κ1) is 28.3. The lowest BCUT2D eigenvalue weighted by Gasteiger charge is -2.23. The lowest BCUT2D eigenvalue weighted by Crippen LogP contribution is -2.45. The van der Waals surface area contributed by atoms with Crippen LogP contribution in [0.4, 0.5) is 13.2 Å². The van der Waals surface area contributed by atoms with E-state index in [2.05, 4.69) is 20.8 Å². The van der Waals surface area contributed by atoms with Gasteiger partial charge in [0.2, 0.25) is 5.91 Å². The third kappa shape index (κ3) is 7.88. The predicted octanol–water partition coefficient (Wildman–Crippen LogP) is 4.01. The zero-order chi connectivity index (χ0) is 24.2. The van der Waals surface area contributed by atoms with Crippen molar-refractivity contribution in [3.8, 4) is 0 Å². The van der Waals surface area contributed by atoms with Gasteiger partial charge in [-0.15, -0.1) is 0 Å². The molecule has 0 unspecified atom stereocenters. The number of alkyl halides is 3. The number of nitrogens with one attached hydrogen (secondary N) is 1. The third-order valence-corrected chi connectivity index (χ3v) is 6.78. The maximum absolute atomic E-state index is 11.9. The molecule has 7 nitrogen and oxygen atoms in total. The van der Waals surface area contributed by atoms with Gasteiger partial charge in [-0.25, -0.2) is 4.72 Å². The number of amides is 1. The van der Waals surface area contributed by atoms with Crippen LogP contribution in [0.2, 0.25) is 0 Å². The molecule has 0 aromatic heterocycles.